The number of nitrogens with zero attached hydrogens (tertiary/aromatic N) is 2. The minimum atomic E-state index is -0.326. The highest BCUT2D eigenvalue weighted by Crippen LogP contribution is 2.16. The third-order valence-corrected chi connectivity index (χ3v) is 2.49. The molecule has 2 aromatic rings. The van der Waals surface area contributed by atoms with Gasteiger partial charge in [0.25, 0.3) is 0 Å². The van der Waals surface area contributed by atoms with Gasteiger partial charge in [0.15, 0.2) is 0 Å². The Labute approximate surface area is 99.5 Å². The maximum Gasteiger partial charge on any atom is 0.133 e. The number of benzene rings is 1. The molecule has 0 atom stereocenters. The van der Waals surface area contributed by atoms with Gasteiger partial charge < -0.3 is 5.73 Å². The second kappa shape index (κ2) is 4.49. The van der Waals surface area contributed by atoms with E-state index in [0.717, 1.165) is 17.0 Å². The molecule has 2 N–H and O–H groups in total. The fraction of sp³-hybridized carbons (Fsp3) is 0.231. The van der Waals surface area contributed by atoms with Crippen molar-refractivity contribution >= 4 is 5.69 Å². The van der Waals surface area contributed by atoms with Crippen LogP contribution in [-0.2, 0) is 6.42 Å². The fourth-order valence-electron chi connectivity index (χ4n) is 1.78. The first-order valence-corrected chi connectivity index (χ1v) is 5.39. The zero-order chi connectivity index (χ0) is 12.4. The summed E-state index contributed by atoms with van der Waals surface area (Å²) in [6.07, 6.45) is 0.522. The molecule has 1 heterocycles. The highest BCUT2D eigenvalue weighted by atomic mass is 19.1. The molecule has 2 rings (SSSR count). The van der Waals surface area contributed by atoms with Crippen molar-refractivity contribution in [3.8, 4) is 0 Å². The summed E-state index contributed by atoms with van der Waals surface area (Å²) in [7, 11) is 0. The fourth-order valence-corrected chi connectivity index (χ4v) is 1.78. The zero-order valence-corrected chi connectivity index (χ0v) is 9.87. The molecule has 0 fully saturated rings. The molecule has 0 amide bonds. The van der Waals surface area contributed by atoms with Crippen LogP contribution in [-0.4, -0.2) is 9.97 Å². The maximum absolute atomic E-state index is 12.9. The number of nitrogen functional groups attached to an aromatic ring is 1. The Morgan fingerprint density at radius 1 is 1.12 bits per heavy atom. The van der Waals surface area contributed by atoms with Crippen LogP contribution in [0.2, 0.25) is 0 Å². The number of hydrogen-bond donors (Lipinski definition) is 1. The molecule has 0 aliphatic heterocycles. The van der Waals surface area contributed by atoms with Crippen LogP contribution < -0.4 is 5.73 Å². The van der Waals surface area contributed by atoms with E-state index in [4.69, 9.17) is 5.73 Å². The second-order valence-corrected chi connectivity index (χ2v) is 4.09. The Morgan fingerprint density at radius 2 is 1.76 bits per heavy atom. The van der Waals surface area contributed by atoms with Crippen LogP contribution in [0.1, 0.15) is 22.8 Å². The molecular formula is C13H14FN3. The summed E-state index contributed by atoms with van der Waals surface area (Å²) >= 11 is 0. The van der Waals surface area contributed by atoms with Crippen LogP contribution in [0.25, 0.3) is 0 Å². The van der Waals surface area contributed by atoms with E-state index in [9.17, 15) is 4.39 Å². The van der Waals surface area contributed by atoms with Crippen molar-refractivity contribution in [2.45, 2.75) is 20.3 Å². The molecule has 0 unspecified atom stereocenters. The lowest BCUT2D eigenvalue weighted by Gasteiger charge is -2.06. The number of nitrogens with two attached hydrogens (primary N) is 1. The molecule has 88 valence electrons. The van der Waals surface area contributed by atoms with Gasteiger partial charge in [-0.25, -0.2) is 14.4 Å². The van der Waals surface area contributed by atoms with E-state index in [-0.39, 0.29) is 5.82 Å². The third-order valence-electron chi connectivity index (χ3n) is 2.49. The summed E-state index contributed by atoms with van der Waals surface area (Å²) in [5, 5.41) is 0. The SMILES string of the molecule is Cc1cc(C)nc(Cc2ccc(F)cc2N)n1. The van der Waals surface area contributed by atoms with Gasteiger partial charge in [-0.15, -0.1) is 0 Å². The van der Waals surface area contributed by atoms with Gasteiger partial charge in [-0.2, -0.15) is 0 Å². The van der Waals surface area contributed by atoms with E-state index in [0.29, 0.717) is 17.9 Å². The van der Waals surface area contributed by atoms with Crippen LogP contribution >= 0.6 is 0 Å². The molecule has 0 radical (unpaired) electrons. The van der Waals surface area contributed by atoms with E-state index < -0.39 is 0 Å². The van der Waals surface area contributed by atoms with Gasteiger partial charge >= 0.3 is 0 Å². The van der Waals surface area contributed by atoms with Crippen LogP contribution in [0.3, 0.4) is 0 Å². The van der Waals surface area contributed by atoms with Crippen LogP contribution in [0.4, 0.5) is 10.1 Å². The lowest BCUT2D eigenvalue weighted by atomic mass is 10.1. The van der Waals surface area contributed by atoms with Gasteiger partial charge in [-0.1, -0.05) is 6.07 Å². The van der Waals surface area contributed by atoms with Gasteiger partial charge in [0.05, 0.1) is 0 Å². The normalized spacial score (nSPS) is 10.5. The van der Waals surface area contributed by atoms with Crippen molar-refractivity contribution < 1.29 is 4.39 Å². The van der Waals surface area contributed by atoms with Crippen molar-refractivity contribution in [1.82, 2.24) is 9.97 Å². The molecule has 0 aliphatic carbocycles. The highest BCUT2D eigenvalue weighted by molar-refractivity contribution is 5.48. The second-order valence-electron chi connectivity index (χ2n) is 4.09. The van der Waals surface area contributed by atoms with Gasteiger partial charge in [0.1, 0.15) is 11.6 Å². The monoisotopic (exact) mass is 231 g/mol. The number of halogens is 1. The smallest absolute Gasteiger partial charge is 0.133 e. The lowest BCUT2D eigenvalue weighted by molar-refractivity contribution is 0.628. The van der Waals surface area contributed by atoms with E-state index in [1.165, 1.54) is 12.1 Å². The number of rotatable bonds is 2. The molecule has 0 aliphatic rings. The van der Waals surface area contributed by atoms with Crippen LogP contribution in [0.5, 0.6) is 0 Å². The van der Waals surface area contributed by atoms with Gasteiger partial charge in [-0.3, -0.25) is 0 Å². The minimum Gasteiger partial charge on any atom is -0.398 e. The first-order valence-electron chi connectivity index (χ1n) is 5.39. The van der Waals surface area contributed by atoms with E-state index in [1.807, 2.05) is 19.9 Å². The summed E-state index contributed by atoms with van der Waals surface area (Å²) in [6, 6.07) is 6.30. The Kier molecular flexibility index (Phi) is 3.04. The van der Waals surface area contributed by atoms with Crippen LogP contribution in [0.15, 0.2) is 24.3 Å². The van der Waals surface area contributed by atoms with Gasteiger partial charge in [0, 0.05) is 23.5 Å². The topological polar surface area (TPSA) is 51.8 Å². The van der Waals surface area contributed by atoms with Crippen molar-refractivity contribution in [1.29, 1.82) is 0 Å². The zero-order valence-electron chi connectivity index (χ0n) is 9.87. The summed E-state index contributed by atoms with van der Waals surface area (Å²) < 4.78 is 12.9. The number of aromatic nitrogens is 2. The molecule has 0 spiro atoms. The third kappa shape index (κ3) is 2.78. The summed E-state index contributed by atoms with van der Waals surface area (Å²) in [6.45, 7) is 3.85. The van der Waals surface area contributed by atoms with Crippen molar-refractivity contribution in [3.63, 3.8) is 0 Å². The van der Waals surface area contributed by atoms with E-state index >= 15 is 0 Å². The average Bonchev–Trinajstić information content (AvgIpc) is 2.21. The summed E-state index contributed by atoms with van der Waals surface area (Å²) in [5.74, 6) is 0.383. The molecule has 0 saturated carbocycles. The Balaban J connectivity index is 2.31. The van der Waals surface area contributed by atoms with Crippen molar-refractivity contribution in [2.24, 2.45) is 0 Å². The molecule has 4 heteroatoms. The first-order chi connectivity index (χ1) is 8.04. The summed E-state index contributed by atoms with van der Waals surface area (Å²) in [4.78, 5) is 8.66. The van der Waals surface area contributed by atoms with Gasteiger partial charge in [0.2, 0.25) is 0 Å². The quantitative estimate of drug-likeness (QED) is 0.807. The Morgan fingerprint density at radius 3 is 2.35 bits per heavy atom. The Hall–Kier alpha value is -1.97. The maximum atomic E-state index is 12.9. The van der Waals surface area contributed by atoms with Crippen molar-refractivity contribution in [3.05, 3.63) is 52.9 Å². The number of aryl methyl sites for hydroxylation is 2. The predicted octanol–water partition coefficient (Wildman–Crippen LogP) is 2.41. The molecule has 0 saturated heterocycles. The molecule has 1 aromatic heterocycles. The first kappa shape index (κ1) is 11.5. The summed E-state index contributed by atoms with van der Waals surface area (Å²) in [5.41, 5.74) is 8.88. The molecule has 0 bridgehead atoms. The number of anilines is 1. The van der Waals surface area contributed by atoms with Gasteiger partial charge in [-0.05, 0) is 37.6 Å². The number of hydrogen-bond acceptors (Lipinski definition) is 3. The predicted molar refractivity (Wildman–Crippen MR) is 65.1 cm³/mol. The largest absolute Gasteiger partial charge is 0.398 e. The minimum absolute atomic E-state index is 0.326. The van der Waals surface area contributed by atoms with E-state index in [1.54, 1.807) is 6.07 Å². The average molecular weight is 231 g/mol. The molecule has 3 nitrogen and oxygen atoms in total. The molecular weight excluding hydrogens is 217 g/mol. The Bertz CT molecular complexity index is 532. The molecule has 1 aromatic carbocycles. The molecule has 17 heavy (non-hydrogen) atoms. The lowest BCUT2D eigenvalue weighted by Crippen LogP contribution is -2.02. The van der Waals surface area contributed by atoms with Crippen LogP contribution in [0, 0.1) is 19.7 Å². The van der Waals surface area contributed by atoms with E-state index in [2.05, 4.69) is 9.97 Å². The highest BCUT2D eigenvalue weighted by Gasteiger charge is 2.05. The standard InChI is InChI=1S/C13H14FN3/c1-8-5-9(2)17-13(16-8)6-10-3-4-11(14)7-12(10)15/h3-5,7H,6,15H2,1-2H3. The van der Waals surface area contributed by atoms with Crippen molar-refractivity contribution in [2.75, 3.05) is 5.73 Å².